The Hall–Kier alpha value is -3.26. The Morgan fingerprint density at radius 3 is 2.45 bits per heavy atom. The maximum absolute atomic E-state index is 13.1. The maximum Gasteiger partial charge on any atom is 0.295 e. The highest BCUT2D eigenvalue weighted by atomic mass is 16.5. The average Bonchev–Trinajstić information content (AvgIpc) is 3.30. The van der Waals surface area contributed by atoms with Crippen LogP contribution >= 0.6 is 0 Å². The molecule has 1 atom stereocenters. The van der Waals surface area contributed by atoms with Crippen molar-refractivity contribution in [2.45, 2.75) is 33.2 Å². The molecule has 0 spiro atoms. The number of rotatable bonds is 10. The first-order valence-corrected chi connectivity index (χ1v) is 11.2. The first-order chi connectivity index (χ1) is 15.8. The Morgan fingerprint density at radius 2 is 1.85 bits per heavy atom. The molecular formula is C25H32N2O6. The summed E-state index contributed by atoms with van der Waals surface area (Å²) in [6, 6.07) is 7.69. The lowest BCUT2D eigenvalue weighted by Gasteiger charge is -2.24. The van der Waals surface area contributed by atoms with E-state index in [0.717, 1.165) is 6.54 Å². The molecule has 1 fully saturated rings. The summed E-state index contributed by atoms with van der Waals surface area (Å²) in [5, 5.41) is 11.3. The van der Waals surface area contributed by atoms with E-state index in [-0.39, 0.29) is 11.3 Å². The predicted molar refractivity (Wildman–Crippen MR) is 124 cm³/mol. The highest BCUT2D eigenvalue weighted by Crippen LogP contribution is 2.42. The fraction of sp³-hybridized carbons (Fsp3) is 0.440. The van der Waals surface area contributed by atoms with E-state index < -0.39 is 17.7 Å². The molecule has 1 unspecified atom stereocenters. The number of aryl methyl sites for hydroxylation is 1. The monoisotopic (exact) mass is 456 g/mol. The van der Waals surface area contributed by atoms with Gasteiger partial charge in [0.15, 0.2) is 0 Å². The van der Waals surface area contributed by atoms with Gasteiger partial charge < -0.3 is 28.8 Å². The number of furan rings is 1. The predicted octanol–water partition coefficient (Wildman–Crippen LogP) is 3.76. The summed E-state index contributed by atoms with van der Waals surface area (Å²) in [6.45, 7) is 7.43. The number of amides is 1. The van der Waals surface area contributed by atoms with Crippen LogP contribution in [0.2, 0.25) is 0 Å². The van der Waals surface area contributed by atoms with E-state index in [4.69, 9.17) is 13.9 Å². The molecule has 1 saturated heterocycles. The van der Waals surface area contributed by atoms with Crippen molar-refractivity contribution in [1.82, 2.24) is 9.80 Å². The van der Waals surface area contributed by atoms with Crippen LogP contribution in [-0.4, -0.2) is 67.0 Å². The van der Waals surface area contributed by atoms with Gasteiger partial charge >= 0.3 is 0 Å². The first kappa shape index (κ1) is 24.4. The Bertz CT molecular complexity index is 1040. The van der Waals surface area contributed by atoms with Crippen LogP contribution in [0.4, 0.5) is 0 Å². The molecule has 2 heterocycles. The van der Waals surface area contributed by atoms with Gasteiger partial charge in [0, 0.05) is 12.6 Å². The summed E-state index contributed by atoms with van der Waals surface area (Å²) in [6.07, 6.45) is 0.670. The molecule has 0 saturated carbocycles. The van der Waals surface area contributed by atoms with E-state index in [9.17, 15) is 14.7 Å². The minimum atomic E-state index is -0.818. The minimum Gasteiger partial charge on any atom is -0.507 e. The molecular weight excluding hydrogens is 424 g/mol. The van der Waals surface area contributed by atoms with Crippen molar-refractivity contribution in [3.8, 4) is 11.5 Å². The highest BCUT2D eigenvalue weighted by molar-refractivity contribution is 6.46. The molecule has 1 aliphatic rings. The average molecular weight is 457 g/mol. The lowest BCUT2D eigenvalue weighted by Crippen LogP contribution is -2.32. The van der Waals surface area contributed by atoms with Gasteiger partial charge in [-0.25, -0.2) is 0 Å². The number of ether oxygens (including phenoxy) is 2. The third kappa shape index (κ3) is 5.22. The Labute approximate surface area is 194 Å². The number of aliphatic hydroxyl groups is 1. The number of Topliss-reactive ketones (excluding diaryl/α,β-unsaturated/α-hetero) is 1. The van der Waals surface area contributed by atoms with Gasteiger partial charge in [-0.05, 0) is 72.1 Å². The highest BCUT2D eigenvalue weighted by Gasteiger charge is 2.47. The van der Waals surface area contributed by atoms with Crippen molar-refractivity contribution in [1.29, 1.82) is 0 Å². The zero-order valence-electron chi connectivity index (χ0n) is 19.9. The molecule has 1 aliphatic heterocycles. The van der Waals surface area contributed by atoms with E-state index in [1.54, 1.807) is 37.3 Å². The molecule has 33 heavy (non-hydrogen) atoms. The number of carbonyl (C=O) groups excluding carboxylic acids is 2. The van der Waals surface area contributed by atoms with Crippen LogP contribution in [0.3, 0.4) is 0 Å². The summed E-state index contributed by atoms with van der Waals surface area (Å²) in [4.78, 5) is 29.6. The summed E-state index contributed by atoms with van der Waals surface area (Å²) >= 11 is 0. The van der Waals surface area contributed by atoms with Gasteiger partial charge in [0.25, 0.3) is 11.7 Å². The van der Waals surface area contributed by atoms with E-state index >= 15 is 0 Å². The normalized spacial score (nSPS) is 17.8. The Morgan fingerprint density at radius 1 is 1.12 bits per heavy atom. The molecule has 1 aromatic heterocycles. The molecule has 3 rings (SSSR count). The van der Waals surface area contributed by atoms with Crippen molar-refractivity contribution in [3.05, 3.63) is 53.0 Å². The van der Waals surface area contributed by atoms with Gasteiger partial charge in [-0.3, -0.25) is 9.59 Å². The number of aliphatic hydroxyl groups excluding tert-OH is 1. The summed E-state index contributed by atoms with van der Waals surface area (Å²) in [7, 11) is 3.89. The standard InChI is InChI=1S/C25H32N2O6/c1-6-31-17-10-11-18(20(15-17)32-7-2)23(28)21-22(19-12-9-16(3)33-19)27(25(30)24(21)29)14-8-13-26(4)5/h9-12,15,22,28H,6-8,13-14H2,1-5H3/b23-21-. The maximum atomic E-state index is 13.1. The molecule has 0 bridgehead atoms. The molecule has 1 N–H and O–H groups in total. The van der Waals surface area contributed by atoms with Gasteiger partial charge in [-0.1, -0.05) is 0 Å². The summed E-state index contributed by atoms with van der Waals surface area (Å²) in [5.74, 6) is 0.343. The van der Waals surface area contributed by atoms with Crippen molar-refractivity contribution < 1.29 is 28.6 Å². The second-order valence-electron chi connectivity index (χ2n) is 8.12. The van der Waals surface area contributed by atoms with E-state index in [0.29, 0.717) is 54.8 Å². The molecule has 2 aromatic rings. The van der Waals surface area contributed by atoms with Gasteiger partial charge in [-0.2, -0.15) is 0 Å². The molecule has 8 nitrogen and oxygen atoms in total. The van der Waals surface area contributed by atoms with Crippen LogP contribution in [-0.2, 0) is 9.59 Å². The van der Waals surface area contributed by atoms with Crippen LogP contribution in [0.15, 0.2) is 40.3 Å². The molecule has 178 valence electrons. The van der Waals surface area contributed by atoms with Crippen molar-refractivity contribution in [2.75, 3.05) is 40.4 Å². The number of ketones is 1. The zero-order valence-corrected chi connectivity index (χ0v) is 19.9. The molecule has 1 aromatic carbocycles. The van der Waals surface area contributed by atoms with Crippen molar-refractivity contribution >= 4 is 17.4 Å². The molecule has 0 aliphatic carbocycles. The fourth-order valence-electron chi connectivity index (χ4n) is 3.94. The topological polar surface area (TPSA) is 92.5 Å². The lowest BCUT2D eigenvalue weighted by atomic mass is 9.98. The molecule has 8 heteroatoms. The largest absolute Gasteiger partial charge is 0.507 e. The van der Waals surface area contributed by atoms with E-state index in [1.165, 1.54) is 4.90 Å². The number of carbonyl (C=O) groups is 2. The second kappa shape index (κ2) is 10.6. The summed E-state index contributed by atoms with van der Waals surface area (Å²) in [5.41, 5.74) is 0.309. The number of hydrogen-bond acceptors (Lipinski definition) is 7. The van der Waals surface area contributed by atoms with Crippen molar-refractivity contribution in [3.63, 3.8) is 0 Å². The van der Waals surface area contributed by atoms with E-state index in [2.05, 4.69) is 0 Å². The van der Waals surface area contributed by atoms with Gasteiger partial charge in [0.2, 0.25) is 0 Å². The Kier molecular flexibility index (Phi) is 7.81. The van der Waals surface area contributed by atoms with Crippen LogP contribution in [0, 0.1) is 6.92 Å². The van der Waals surface area contributed by atoms with Crippen LogP contribution in [0.5, 0.6) is 11.5 Å². The number of nitrogens with zero attached hydrogens (tertiary/aromatic N) is 2. The van der Waals surface area contributed by atoms with Crippen molar-refractivity contribution in [2.24, 2.45) is 0 Å². The fourth-order valence-corrected chi connectivity index (χ4v) is 3.94. The molecule has 0 radical (unpaired) electrons. The third-order valence-electron chi connectivity index (χ3n) is 5.39. The van der Waals surface area contributed by atoms with Crippen LogP contribution < -0.4 is 9.47 Å². The van der Waals surface area contributed by atoms with Gasteiger partial charge in [0.1, 0.15) is 34.8 Å². The number of hydrogen-bond donors (Lipinski definition) is 1. The van der Waals surface area contributed by atoms with Crippen LogP contribution in [0.1, 0.15) is 43.4 Å². The Balaban J connectivity index is 2.11. The SMILES string of the molecule is CCOc1ccc(/C(O)=C2/C(=O)C(=O)N(CCCN(C)C)C2c2ccc(C)o2)c(OCC)c1. The minimum absolute atomic E-state index is 0.00989. The zero-order chi connectivity index (χ0) is 24.1. The summed E-state index contributed by atoms with van der Waals surface area (Å²) < 4.78 is 17.1. The van der Waals surface area contributed by atoms with E-state index in [1.807, 2.05) is 32.8 Å². The number of likely N-dealkylation sites (tertiary alicyclic amines) is 1. The smallest absolute Gasteiger partial charge is 0.295 e. The first-order valence-electron chi connectivity index (χ1n) is 11.2. The molecule has 1 amide bonds. The lowest BCUT2D eigenvalue weighted by molar-refractivity contribution is -0.140. The second-order valence-corrected chi connectivity index (χ2v) is 8.12. The quantitative estimate of drug-likeness (QED) is 0.331. The van der Waals surface area contributed by atoms with Gasteiger partial charge in [0.05, 0.1) is 24.4 Å². The third-order valence-corrected chi connectivity index (χ3v) is 5.39. The van der Waals surface area contributed by atoms with Gasteiger partial charge in [-0.15, -0.1) is 0 Å². The van der Waals surface area contributed by atoms with Crippen LogP contribution in [0.25, 0.3) is 5.76 Å². The number of benzene rings is 1.